The van der Waals surface area contributed by atoms with E-state index in [1.165, 1.54) is 13.3 Å². The topological polar surface area (TPSA) is 51.2 Å². The van der Waals surface area contributed by atoms with Gasteiger partial charge >= 0.3 is 5.97 Å². The molecule has 1 aromatic heterocycles. The van der Waals surface area contributed by atoms with Crippen molar-refractivity contribution in [3.63, 3.8) is 0 Å². The monoisotopic (exact) mass is 292 g/mol. The SMILES string of the molecule is COC(=O)C(C)Nc1ncc(Cl)cc1Br. The van der Waals surface area contributed by atoms with E-state index in [0.29, 0.717) is 15.3 Å². The molecule has 0 aliphatic rings. The van der Waals surface area contributed by atoms with E-state index in [0.717, 1.165) is 0 Å². The summed E-state index contributed by atoms with van der Waals surface area (Å²) in [5.74, 6) is 0.205. The number of ether oxygens (including phenoxy) is 1. The minimum absolute atomic E-state index is 0.348. The van der Waals surface area contributed by atoms with Crippen LogP contribution in [0.25, 0.3) is 0 Å². The number of esters is 1. The molecule has 0 fully saturated rings. The lowest BCUT2D eigenvalue weighted by Gasteiger charge is -2.13. The number of hydrogen-bond donors (Lipinski definition) is 1. The molecule has 0 aliphatic heterocycles. The normalized spacial score (nSPS) is 12.0. The number of pyridine rings is 1. The van der Waals surface area contributed by atoms with Gasteiger partial charge in [0, 0.05) is 6.20 Å². The van der Waals surface area contributed by atoms with Gasteiger partial charge in [-0.15, -0.1) is 0 Å². The molecule has 1 N–H and O–H groups in total. The number of carbonyl (C=O) groups excluding carboxylic acids is 1. The van der Waals surface area contributed by atoms with Crippen LogP contribution in [0.5, 0.6) is 0 Å². The highest BCUT2D eigenvalue weighted by Gasteiger charge is 2.14. The van der Waals surface area contributed by atoms with E-state index >= 15 is 0 Å². The third-order valence-corrected chi connectivity index (χ3v) is 2.53. The fraction of sp³-hybridized carbons (Fsp3) is 0.333. The van der Waals surface area contributed by atoms with E-state index in [2.05, 4.69) is 31.0 Å². The zero-order valence-corrected chi connectivity index (χ0v) is 10.6. The molecule has 1 unspecified atom stereocenters. The van der Waals surface area contributed by atoms with Crippen molar-refractivity contribution < 1.29 is 9.53 Å². The fourth-order valence-corrected chi connectivity index (χ4v) is 1.71. The standard InChI is InChI=1S/C9H10BrClN2O2/c1-5(9(14)15-2)13-8-7(10)3-6(11)4-12-8/h3-5H,1-2H3,(H,12,13). The number of aromatic nitrogens is 1. The van der Waals surface area contributed by atoms with Gasteiger partial charge in [0.1, 0.15) is 11.9 Å². The molecule has 4 nitrogen and oxygen atoms in total. The van der Waals surface area contributed by atoms with Crippen molar-refractivity contribution in [1.82, 2.24) is 4.98 Å². The fourth-order valence-electron chi connectivity index (χ4n) is 0.962. The maximum Gasteiger partial charge on any atom is 0.328 e. The summed E-state index contributed by atoms with van der Waals surface area (Å²) in [5, 5.41) is 3.42. The summed E-state index contributed by atoms with van der Waals surface area (Å²) in [6, 6.07) is 1.24. The number of anilines is 1. The Morgan fingerprint density at radius 3 is 2.93 bits per heavy atom. The number of rotatable bonds is 3. The van der Waals surface area contributed by atoms with Crippen LogP contribution in [0, 0.1) is 0 Å². The molecule has 6 heteroatoms. The third kappa shape index (κ3) is 3.35. The van der Waals surface area contributed by atoms with Gasteiger partial charge < -0.3 is 10.1 Å². The van der Waals surface area contributed by atoms with Crippen LogP contribution in [0.3, 0.4) is 0 Å². The molecule has 0 radical (unpaired) electrons. The van der Waals surface area contributed by atoms with Gasteiger partial charge in [-0.25, -0.2) is 9.78 Å². The van der Waals surface area contributed by atoms with Crippen molar-refractivity contribution in [2.45, 2.75) is 13.0 Å². The van der Waals surface area contributed by atoms with Gasteiger partial charge in [-0.3, -0.25) is 0 Å². The van der Waals surface area contributed by atoms with E-state index < -0.39 is 6.04 Å². The second kappa shape index (κ2) is 5.32. The largest absolute Gasteiger partial charge is 0.467 e. The quantitative estimate of drug-likeness (QED) is 0.870. The number of hydrogen-bond acceptors (Lipinski definition) is 4. The Labute approximate surface area is 101 Å². The maximum atomic E-state index is 11.1. The van der Waals surface area contributed by atoms with Gasteiger partial charge in [0.2, 0.25) is 0 Å². The first-order valence-corrected chi connectivity index (χ1v) is 5.37. The molecule has 0 amide bonds. The molecular weight excluding hydrogens is 283 g/mol. The summed E-state index contributed by atoms with van der Waals surface area (Å²) in [6.07, 6.45) is 1.50. The van der Waals surface area contributed by atoms with Gasteiger partial charge in [0.25, 0.3) is 0 Å². The summed E-state index contributed by atoms with van der Waals surface area (Å²) in [7, 11) is 1.34. The molecule has 0 saturated carbocycles. The Hall–Kier alpha value is -0.810. The second-order valence-electron chi connectivity index (χ2n) is 2.87. The van der Waals surface area contributed by atoms with Crippen molar-refractivity contribution in [3.05, 3.63) is 21.8 Å². The Kier molecular flexibility index (Phi) is 4.35. The van der Waals surface area contributed by atoms with E-state index in [1.807, 2.05) is 0 Å². The summed E-state index contributed by atoms with van der Waals surface area (Å²) in [6.45, 7) is 1.69. The smallest absolute Gasteiger partial charge is 0.328 e. The van der Waals surface area contributed by atoms with Crippen LogP contribution in [0.2, 0.25) is 5.02 Å². The first-order chi connectivity index (χ1) is 7.04. The number of halogens is 2. The van der Waals surface area contributed by atoms with Crippen LogP contribution in [-0.4, -0.2) is 24.1 Å². The lowest BCUT2D eigenvalue weighted by atomic mass is 10.3. The van der Waals surface area contributed by atoms with Crippen molar-refractivity contribution >= 4 is 39.3 Å². The predicted octanol–water partition coefficient (Wildman–Crippen LogP) is 2.47. The Morgan fingerprint density at radius 2 is 2.40 bits per heavy atom. The molecule has 1 heterocycles. The van der Waals surface area contributed by atoms with Gasteiger partial charge in [0.05, 0.1) is 16.6 Å². The molecule has 0 spiro atoms. The van der Waals surface area contributed by atoms with Crippen molar-refractivity contribution in [1.29, 1.82) is 0 Å². The molecule has 1 rings (SSSR count). The molecule has 0 aliphatic carbocycles. The number of nitrogens with zero attached hydrogens (tertiary/aromatic N) is 1. The zero-order valence-electron chi connectivity index (χ0n) is 8.25. The van der Waals surface area contributed by atoms with E-state index in [-0.39, 0.29) is 5.97 Å². The van der Waals surface area contributed by atoms with Crippen LogP contribution < -0.4 is 5.32 Å². The van der Waals surface area contributed by atoms with Crippen LogP contribution in [0.15, 0.2) is 16.7 Å². The molecule has 1 aromatic rings. The lowest BCUT2D eigenvalue weighted by Crippen LogP contribution is -2.27. The third-order valence-electron chi connectivity index (χ3n) is 1.72. The van der Waals surface area contributed by atoms with Gasteiger partial charge in [-0.1, -0.05) is 11.6 Å². The highest BCUT2D eigenvalue weighted by molar-refractivity contribution is 9.10. The molecule has 15 heavy (non-hydrogen) atoms. The molecule has 1 atom stereocenters. The zero-order chi connectivity index (χ0) is 11.4. The molecule has 82 valence electrons. The number of carbonyl (C=O) groups is 1. The van der Waals surface area contributed by atoms with Crippen LogP contribution in [0.1, 0.15) is 6.92 Å². The summed E-state index contributed by atoms with van der Waals surface area (Å²) in [5.41, 5.74) is 0. The Balaban J connectivity index is 2.76. The van der Waals surface area contributed by atoms with E-state index in [1.54, 1.807) is 13.0 Å². The maximum absolute atomic E-state index is 11.1. The van der Waals surface area contributed by atoms with E-state index in [4.69, 9.17) is 11.6 Å². The van der Waals surface area contributed by atoms with Crippen molar-refractivity contribution in [2.24, 2.45) is 0 Å². The lowest BCUT2D eigenvalue weighted by molar-refractivity contribution is -0.141. The molecule has 0 bridgehead atoms. The Bertz CT molecular complexity index is 373. The van der Waals surface area contributed by atoms with Crippen LogP contribution in [0.4, 0.5) is 5.82 Å². The minimum Gasteiger partial charge on any atom is -0.467 e. The highest BCUT2D eigenvalue weighted by Crippen LogP contribution is 2.23. The van der Waals surface area contributed by atoms with Crippen LogP contribution >= 0.6 is 27.5 Å². The van der Waals surface area contributed by atoms with Crippen LogP contribution in [-0.2, 0) is 9.53 Å². The highest BCUT2D eigenvalue weighted by atomic mass is 79.9. The Morgan fingerprint density at radius 1 is 1.73 bits per heavy atom. The summed E-state index contributed by atoms with van der Waals surface area (Å²) < 4.78 is 5.28. The van der Waals surface area contributed by atoms with E-state index in [9.17, 15) is 4.79 Å². The number of methoxy groups -OCH3 is 1. The van der Waals surface area contributed by atoms with Gasteiger partial charge in [-0.05, 0) is 28.9 Å². The number of nitrogens with one attached hydrogen (secondary N) is 1. The molecule has 0 aromatic carbocycles. The molecule has 0 saturated heterocycles. The first kappa shape index (κ1) is 12.3. The summed E-state index contributed by atoms with van der Waals surface area (Å²) >= 11 is 9.02. The second-order valence-corrected chi connectivity index (χ2v) is 4.16. The van der Waals surface area contributed by atoms with Gasteiger partial charge in [0.15, 0.2) is 0 Å². The van der Waals surface area contributed by atoms with Crippen molar-refractivity contribution in [2.75, 3.05) is 12.4 Å². The molecular formula is C9H10BrClN2O2. The van der Waals surface area contributed by atoms with Crippen molar-refractivity contribution in [3.8, 4) is 0 Å². The average Bonchev–Trinajstić information content (AvgIpc) is 2.20. The average molecular weight is 294 g/mol. The predicted molar refractivity (Wildman–Crippen MR) is 62.0 cm³/mol. The van der Waals surface area contributed by atoms with Gasteiger partial charge in [-0.2, -0.15) is 0 Å². The summed E-state index contributed by atoms with van der Waals surface area (Å²) in [4.78, 5) is 15.2. The minimum atomic E-state index is -0.458. The first-order valence-electron chi connectivity index (χ1n) is 4.20.